The molecule has 1 atom stereocenters. The fraction of sp³-hybridized carbons (Fsp3) is 0.346. The Balaban J connectivity index is 1.57. The number of nitrogens with one attached hydrogen (secondary N) is 1. The van der Waals surface area contributed by atoms with Crippen molar-refractivity contribution in [1.29, 1.82) is 0 Å². The molecule has 2 aliphatic heterocycles. The molecule has 2 aromatic carbocycles. The van der Waals surface area contributed by atoms with Crippen LogP contribution >= 0.6 is 0 Å². The van der Waals surface area contributed by atoms with Gasteiger partial charge in [0.15, 0.2) is 23.0 Å². The highest BCUT2D eigenvalue weighted by Crippen LogP contribution is 2.40. The van der Waals surface area contributed by atoms with Crippen molar-refractivity contribution < 1.29 is 28.6 Å². The van der Waals surface area contributed by atoms with Gasteiger partial charge in [0, 0.05) is 17.8 Å². The van der Waals surface area contributed by atoms with Crippen molar-refractivity contribution in [2.45, 2.75) is 33.2 Å². The number of fused-ring (bicyclic) bond motifs is 1. The normalized spacial score (nSPS) is 17.1. The summed E-state index contributed by atoms with van der Waals surface area (Å²) in [6.07, 6.45) is 0.832. The predicted molar refractivity (Wildman–Crippen MR) is 131 cm³/mol. The van der Waals surface area contributed by atoms with Crippen molar-refractivity contribution >= 4 is 11.6 Å². The number of aromatic hydroxyl groups is 1. The van der Waals surface area contributed by atoms with Crippen LogP contribution in [-0.4, -0.2) is 46.6 Å². The number of phenols is 1. The van der Waals surface area contributed by atoms with Gasteiger partial charge < -0.3 is 29.2 Å². The molecule has 2 amide bonds. The number of carbonyl (C=O) groups excluding carboxylic acids is 1. The molecule has 0 bridgehead atoms. The van der Waals surface area contributed by atoms with Gasteiger partial charge in [0.25, 0.3) is 5.89 Å². The lowest BCUT2D eigenvalue weighted by Gasteiger charge is -2.35. The number of urea groups is 1. The first-order valence-electron chi connectivity index (χ1n) is 11.8. The first kappa shape index (κ1) is 23.5. The third-order valence-electron chi connectivity index (χ3n) is 6.35. The number of allylic oxidation sites excluding steroid dienone is 1. The second-order valence-electron chi connectivity index (χ2n) is 9.14. The summed E-state index contributed by atoms with van der Waals surface area (Å²) in [5, 5.41) is 17.6. The van der Waals surface area contributed by atoms with E-state index in [-0.39, 0.29) is 24.5 Å². The second-order valence-corrected chi connectivity index (χ2v) is 9.14. The summed E-state index contributed by atoms with van der Waals surface area (Å²) in [4.78, 5) is 19.5. The van der Waals surface area contributed by atoms with E-state index in [2.05, 4.69) is 29.3 Å². The first-order chi connectivity index (χ1) is 17.4. The Bertz CT molecular complexity index is 1330. The molecule has 2 N–H and O–H groups in total. The largest absolute Gasteiger partial charge is 0.504 e. The van der Waals surface area contributed by atoms with E-state index in [0.717, 1.165) is 6.42 Å². The zero-order valence-corrected chi connectivity index (χ0v) is 20.6. The summed E-state index contributed by atoms with van der Waals surface area (Å²) in [5.74, 6) is 2.66. The van der Waals surface area contributed by atoms with Crippen LogP contribution in [0.4, 0.5) is 4.79 Å². The molecule has 1 aromatic heterocycles. The maximum Gasteiger partial charge on any atom is 0.322 e. The summed E-state index contributed by atoms with van der Waals surface area (Å²) in [5.41, 5.74) is 2.73. The highest BCUT2D eigenvalue weighted by atomic mass is 16.7. The monoisotopic (exact) mass is 492 g/mol. The predicted octanol–water partition coefficient (Wildman–Crippen LogP) is 4.72. The fourth-order valence-electron chi connectivity index (χ4n) is 4.34. The minimum atomic E-state index is -0.616. The minimum Gasteiger partial charge on any atom is -0.504 e. The average molecular weight is 493 g/mol. The third kappa shape index (κ3) is 4.30. The quantitative estimate of drug-likeness (QED) is 0.486. The summed E-state index contributed by atoms with van der Waals surface area (Å²) in [6.45, 7) is 6.81. The molecule has 1 unspecified atom stereocenters. The van der Waals surface area contributed by atoms with Crippen molar-refractivity contribution in [2.75, 3.05) is 20.4 Å². The van der Waals surface area contributed by atoms with Crippen LogP contribution in [0.2, 0.25) is 0 Å². The summed E-state index contributed by atoms with van der Waals surface area (Å²) < 4.78 is 21.8. The molecule has 5 rings (SSSR count). The number of rotatable bonds is 7. The molecule has 0 fully saturated rings. The number of amides is 2. The van der Waals surface area contributed by atoms with Crippen LogP contribution < -0.4 is 19.5 Å². The highest BCUT2D eigenvalue weighted by molar-refractivity contribution is 5.87. The van der Waals surface area contributed by atoms with Gasteiger partial charge in [0.2, 0.25) is 12.6 Å². The number of hydrogen-bond acceptors (Lipinski definition) is 8. The first-order valence-corrected chi connectivity index (χ1v) is 11.8. The van der Waals surface area contributed by atoms with E-state index in [0.29, 0.717) is 57.9 Å². The number of aromatic nitrogens is 2. The van der Waals surface area contributed by atoms with Crippen molar-refractivity contribution in [2.24, 2.45) is 5.92 Å². The number of benzene rings is 2. The molecule has 3 aromatic rings. The Labute approximate surface area is 208 Å². The SMILES string of the molecule is COc1ccc(C2NC(=O)N(CCC(C)C)C(C)=C2c2nc(-c3ccc4c(c3)OCO4)no2)cc1O. The Hall–Kier alpha value is -4.21. The number of carbonyl (C=O) groups is 1. The topological polar surface area (TPSA) is 119 Å². The standard InChI is InChI=1S/C26H28N4O6/c1-14(2)9-10-30-15(3)22(23(27-26(30)32)16-5-7-19(33-4)18(31)11-16)25-28-24(29-36-25)17-6-8-20-21(12-17)35-13-34-20/h5-8,11-12,14,23,31H,9-10,13H2,1-4H3,(H,27,32). The van der Waals surface area contributed by atoms with Crippen molar-refractivity contribution in [1.82, 2.24) is 20.4 Å². The summed E-state index contributed by atoms with van der Waals surface area (Å²) in [7, 11) is 1.48. The van der Waals surface area contributed by atoms with Gasteiger partial charge in [-0.3, -0.25) is 4.90 Å². The molecule has 0 radical (unpaired) electrons. The van der Waals surface area contributed by atoms with Crippen LogP contribution in [0.15, 0.2) is 46.6 Å². The fourth-order valence-corrected chi connectivity index (χ4v) is 4.34. The van der Waals surface area contributed by atoms with E-state index >= 15 is 0 Å². The molecule has 10 nitrogen and oxygen atoms in total. The van der Waals surface area contributed by atoms with E-state index < -0.39 is 6.04 Å². The molecule has 2 aliphatic rings. The van der Waals surface area contributed by atoms with Gasteiger partial charge >= 0.3 is 6.03 Å². The van der Waals surface area contributed by atoms with E-state index in [9.17, 15) is 9.90 Å². The maximum absolute atomic E-state index is 13.1. The molecule has 0 spiro atoms. The Kier molecular flexibility index (Phi) is 6.17. The zero-order valence-electron chi connectivity index (χ0n) is 20.6. The average Bonchev–Trinajstić information content (AvgIpc) is 3.52. The molecular formula is C26H28N4O6. The zero-order chi connectivity index (χ0) is 25.4. The van der Waals surface area contributed by atoms with Crippen LogP contribution in [0.25, 0.3) is 17.0 Å². The lowest BCUT2D eigenvalue weighted by atomic mass is 9.94. The van der Waals surface area contributed by atoms with Gasteiger partial charge in [-0.1, -0.05) is 25.1 Å². The smallest absolute Gasteiger partial charge is 0.322 e. The van der Waals surface area contributed by atoms with Gasteiger partial charge in [0.05, 0.1) is 18.7 Å². The second kappa shape index (κ2) is 9.44. The summed E-state index contributed by atoms with van der Waals surface area (Å²) in [6, 6.07) is 9.60. The van der Waals surface area contributed by atoms with Gasteiger partial charge in [0.1, 0.15) is 0 Å². The number of nitrogens with zero attached hydrogens (tertiary/aromatic N) is 3. The molecular weight excluding hydrogens is 464 g/mol. The number of methoxy groups -OCH3 is 1. The Morgan fingerprint density at radius 1 is 1.19 bits per heavy atom. The van der Waals surface area contributed by atoms with Crippen molar-refractivity contribution in [3.05, 3.63) is 53.5 Å². The van der Waals surface area contributed by atoms with Crippen LogP contribution in [0, 0.1) is 5.92 Å². The van der Waals surface area contributed by atoms with Crippen molar-refractivity contribution in [3.63, 3.8) is 0 Å². The molecule has 3 heterocycles. The summed E-state index contributed by atoms with van der Waals surface area (Å²) >= 11 is 0. The molecule has 0 saturated carbocycles. The van der Waals surface area contributed by atoms with Gasteiger partial charge in [-0.15, -0.1) is 0 Å². The number of phenolic OH excluding ortho intramolecular Hbond substituents is 1. The maximum atomic E-state index is 13.1. The molecule has 188 valence electrons. The molecule has 0 aliphatic carbocycles. The van der Waals surface area contributed by atoms with E-state index in [1.54, 1.807) is 35.2 Å². The number of hydrogen-bond donors (Lipinski definition) is 2. The van der Waals surface area contributed by atoms with Gasteiger partial charge in [-0.05, 0) is 55.2 Å². The van der Waals surface area contributed by atoms with E-state index in [1.807, 2.05) is 13.0 Å². The lowest BCUT2D eigenvalue weighted by molar-refractivity contribution is 0.174. The Morgan fingerprint density at radius 2 is 2.00 bits per heavy atom. The van der Waals surface area contributed by atoms with Crippen molar-refractivity contribution in [3.8, 4) is 34.4 Å². The Morgan fingerprint density at radius 3 is 2.75 bits per heavy atom. The molecule has 0 saturated heterocycles. The minimum absolute atomic E-state index is 0.0323. The third-order valence-corrected chi connectivity index (χ3v) is 6.35. The van der Waals surface area contributed by atoms with E-state index in [1.165, 1.54) is 7.11 Å². The number of ether oxygens (including phenoxy) is 3. The van der Waals surface area contributed by atoms with Crippen LogP contribution in [0.3, 0.4) is 0 Å². The van der Waals surface area contributed by atoms with Crippen LogP contribution in [-0.2, 0) is 0 Å². The van der Waals surface area contributed by atoms with Crippen LogP contribution in [0.5, 0.6) is 23.0 Å². The van der Waals surface area contributed by atoms with E-state index in [4.69, 9.17) is 18.7 Å². The van der Waals surface area contributed by atoms with Crippen LogP contribution in [0.1, 0.15) is 44.7 Å². The van der Waals surface area contributed by atoms with Gasteiger partial charge in [-0.2, -0.15) is 4.98 Å². The highest BCUT2D eigenvalue weighted by Gasteiger charge is 2.36. The van der Waals surface area contributed by atoms with Gasteiger partial charge in [-0.25, -0.2) is 4.79 Å². The lowest BCUT2D eigenvalue weighted by Crippen LogP contribution is -2.46. The molecule has 36 heavy (non-hydrogen) atoms. The molecule has 10 heteroatoms.